The highest BCUT2D eigenvalue weighted by Gasteiger charge is 2.49. The molecule has 0 radical (unpaired) electrons. The van der Waals surface area contributed by atoms with Crippen molar-refractivity contribution in [3.05, 3.63) is 84.2 Å². The zero-order chi connectivity index (χ0) is 30.4. The van der Waals surface area contributed by atoms with Crippen LogP contribution < -0.4 is 0 Å². The summed E-state index contributed by atoms with van der Waals surface area (Å²) in [5.41, 5.74) is 2.88. The van der Waals surface area contributed by atoms with Crippen molar-refractivity contribution in [2.75, 3.05) is 13.1 Å². The van der Waals surface area contributed by atoms with Gasteiger partial charge in [0.15, 0.2) is 0 Å². The Morgan fingerprint density at radius 1 is 0.488 bits per heavy atom. The van der Waals surface area contributed by atoms with Crippen LogP contribution in [0.25, 0.3) is 0 Å². The first-order valence-electron chi connectivity index (χ1n) is 18.6. The van der Waals surface area contributed by atoms with E-state index in [-0.39, 0.29) is 5.66 Å². The molecule has 0 amide bonds. The Balaban J connectivity index is 1.69. The van der Waals surface area contributed by atoms with Gasteiger partial charge in [0, 0.05) is 37.8 Å². The number of hydrogen-bond acceptors (Lipinski definition) is 2. The molecule has 0 spiro atoms. The summed E-state index contributed by atoms with van der Waals surface area (Å²) in [5, 5.41) is 0. The molecule has 0 aromatic heterocycles. The van der Waals surface area contributed by atoms with Crippen LogP contribution in [-0.4, -0.2) is 28.6 Å². The molecule has 2 atom stereocenters. The van der Waals surface area contributed by atoms with E-state index < -0.39 is 0 Å². The molecule has 0 saturated carbocycles. The maximum Gasteiger partial charge on any atom is 0.123 e. The first-order chi connectivity index (χ1) is 21.3. The summed E-state index contributed by atoms with van der Waals surface area (Å²) >= 11 is 0. The maximum atomic E-state index is 2.77. The number of rotatable bonds is 25. The van der Waals surface area contributed by atoms with Gasteiger partial charge in [0.2, 0.25) is 0 Å². The lowest BCUT2D eigenvalue weighted by Crippen LogP contribution is -2.59. The second-order valence-corrected chi connectivity index (χ2v) is 13.3. The van der Waals surface area contributed by atoms with E-state index in [1.54, 1.807) is 0 Å². The number of benzene rings is 2. The Kier molecular flexibility index (Phi) is 17.6. The molecule has 0 N–H and O–H groups in total. The van der Waals surface area contributed by atoms with Crippen LogP contribution >= 0.6 is 0 Å². The number of nitrogens with zero attached hydrogens (tertiary/aromatic N) is 2. The summed E-state index contributed by atoms with van der Waals surface area (Å²) in [4.78, 5) is 5.54. The molecule has 2 aromatic carbocycles. The van der Waals surface area contributed by atoms with E-state index in [4.69, 9.17) is 0 Å². The van der Waals surface area contributed by atoms with Gasteiger partial charge in [-0.1, -0.05) is 184 Å². The monoisotopic (exact) mass is 587 g/mol. The fraction of sp³-hybridized carbons (Fsp3) is 0.659. The van der Waals surface area contributed by atoms with Gasteiger partial charge < -0.3 is 9.80 Å². The molecule has 1 heterocycles. The molecule has 2 nitrogen and oxygen atoms in total. The third kappa shape index (κ3) is 11.7. The van der Waals surface area contributed by atoms with Gasteiger partial charge in [-0.25, -0.2) is 0 Å². The molecule has 2 heteroatoms. The SMILES string of the molecule is CCCCCCCCCCCCCN1C=CN(CCCCCCCCC)C1(Cc1ccccc1)C(CC)c1ccccc1. The van der Waals surface area contributed by atoms with Gasteiger partial charge in [0.05, 0.1) is 0 Å². The zero-order valence-electron chi connectivity index (χ0n) is 28.5. The molecule has 0 fully saturated rings. The van der Waals surface area contributed by atoms with Crippen LogP contribution in [0.1, 0.15) is 160 Å². The predicted octanol–water partition coefficient (Wildman–Crippen LogP) is 12.3. The third-order valence-corrected chi connectivity index (χ3v) is 9.90. The third-order valence-electron chi connectivity index (χ3n) is 9.90. The van der Waals surface area contributed by atoms with Crippen molar-refractivity contribution in [3.63, 3.8) is 0 Å². The zero-order valence-corrected chi connectivity index (χ0v) is 28.5. The highest BCUT2D eigenvalue weighted by Crippen LogP contribution is 2.45. The van der Waals surface area contributed by atoms with Crippen LogP contribution in [0.2, 0.25) is 0 Å². The van der Waals surface area contributed by atoms with Crippen molar-refractivity contribution >= 4 is 0 Å². The molecular formula is C41H66N2. The molecule has 2 unspecified atom stereocenters. The molecule has 0 aliphatic carbocycles. The Hall–Kier alpha value is -2.22. The predicted molar refractivity (Wildman–Crippen MR) is 189 cm³/mol. The van der Waals surface area contributed by atoms with Crippen LogP contribution in [0.5, 0.6) is 0 Å². The summed E-state index contributed by atoms with van der Waals surface area (Å²) in [5.74, 6) is 0.446. The van der Waals surface area contributed by atoms with Gasteiger partial charge in [0.25, 0.3) is 0 Å². The second kappa shape index (κ2) is 21.5. The van der Waals surface area contributed by atoms with E-state index in [2.05, 4.69) is 104 Å². The summed E-state index contributed by atoms with van der Waals surface area (Å²) < 4.78 is 0. The van der Waals surface area contributed by atoms with Crippen LogP contribution in [0, 0.1) is 0 Å². The molecule has 0 bridgehead atoms. The largest absolute Gasteiger partial charge is 0.353 e. The molecule has 1 aliphatic rings. The topological polar surface area (TPSA) is 6.48 Å². The molecule has 1 aliphatic heterocycles. The lowest BCUT2D eigenvalue weighted by Gasteiger charge is -2.51. The van der Waals surface area contributed by atoms with Crippen molar-refractivity contribution in [2.24, 2.45) is 0 Å². The minimum atomic E-state index is -0.0574. The average Bonchev–Trinajstić information content (AvgIpc) is 3.37. The molecule has 0 saturated heterocycles. The summed E-state index contributed by atoms with van der Waals surface area (Å²) in [6.07, 6.45) is 32.0. The fourth-order valence-electron chi connectivity index (χ4n) is 7.44. The smallest absolute Gasteiger partial charge is 0.123 e. The molecule has 3 rings (SSSR count). The van der Waals surface area contributed by atoms with Gasteiger partial charge in [-0.2, -0.15) is 0 Å². The Morgan fingerprint density at radius 3 is 1.30 bits per heavy atom. The molecule has 43 heavy (non-hydrogen) atoms. The number of hydrogen-bond donors (Lipinski definition) is 0. The van der Waals surface area contributed by atoms with E-state index in [9.17, 15) is 0 Å². The van der Waals surface area contributed by atoms with E-state index in [1.807, 2.05) is 0 Å². The maximum absolute atomic E-state index is 2.77. The Labute approximate surface area is 267 Å². The lowest BCUT2D eigenvalue weighted by atomic mass is 9.78. The van der Waals surface area contributed by atoms with Crippen molar-refractivity contribution in [3.8, 4) is 0 Å². The van der Waals surface area contributed by atoms with Gasteiger partial charge in [0.1, 0.15) is 5.66 Å². The highest BCUT2D eigenvalue weighted by atomic mass is 15.4. The van der Waals surface area contributed by atoms with E-state index in [1.165, 1.54) is 127 Å². The van der Waals surface area contributed by atoms with E-state index >= 15 is 0 Å². The highest BCUT2D eigenvalue weighted by molar-refractivity contribution is 5.30. The first kappa shape index (κ1) is 35.3. The minimum absolute atomic E-state index is 0.0574. The first-order valence-corrected chi connectivity index (χ1v) is 18.6. The van der Waals surface area contributed by atoms with Crippen molar-refractivity contribution < 1.29 is 0 Å². The van der Waals surface area contributed by atoms with Crippen LogP contribution in [0.3, 0.4) is 0 Å². The second-order valence-electron chi connectivity index (χ2n) is 13.3. The van der Waals surface area contributed by atoms with Crippen LogP contribution in [0.15, 0.2) is 73.1 Å². The summed E-state index contributed by atoms with van der Waals surface area (Å²) in [6, 6.07) is 22.7. The Bertz CT molecular complexity index is 954. The fourth-order valence-corrected chi connectivity index (χ4v) is 7.44. The lowest BCUT2D eigenvalue weighted by molar-refractivity contribution is -0.00378. The van der Waals surface area contributed by atoms with E-state index in [0.717, 1.165) is 25.9 Å². The quantitative estimate of drug-likeness (QED) is 0.107. The van der Waals surface area contributed by atoms with Crippen molar-refractivity contribution in [1.82, 2.24) is 9.80 Å². The van der Waals surface area contributed by atoms with Crippen molar-refractivity contribution in [2.45, 2.75) is 161 Å². The van der Waals surface area contributed by atoms with Gasteiger partial charge >= 0.3 is 0 Å². The number of unbranched alkanes of at least 4 members (excludes halogenated alkanes) is 16. The molecular weight excluding hydrogens is 520 g/mol. The van der Waals surface area contributed by atoms with Crippen molar-refractivity contribution in [1.29, 1.82) is 0 Å². The summed E-state index contributed by atoms with van der Waals surface area (Å²) in [7, 11) is 0. The van der Waals surface area contributed by atoms with Crippen LogP contribution in [0.4, 0.5) is 0 Å². The molecule has 2 aromatic rings. The minimum Gasteiger partial charge on any atom is -0.353 e. The van der Waals surface area contributed by atoms with Gasteiger partial charge in [-0.15, -0.1) is 0 Å². The normalized spacial score (nSPS) is 17.2. The summed E-state index contributed by atoms with van der Waals surface area (Å²) in [6.45, 7) is 9.33. The Morgan fingerprint density at radius 2 is 0.884 bits per heavy atom. The molecule has 240 valence electrons. The van der Waals surface area contributed by atoms with Gasteiger partial charge in [-0.05, 0) is 30.4 Å². The van der Waals surface area contributed by atoms with E-state index in [0.29, 0.717) is 5.92 Å². The van der Waals surface area contributed by atoms with Crippen LogP contribution in [-0.2, 0) is 6.42 Å². The average molecular weight is 587 g/mol. The van der Waals surface area contributed by atoms with Gasteiger partial charge in [-0.3, -0.25) is 0 Å². The standard InChI is InChI=1S/C41H66N2/c1-4-7-9-11-13-14-15-16-18-20-28-34-43-36-35-42(33-27-19-17-12-10-8-5-2)41(43,37-38-29-23-21-24-30-38)40(6-3)39-31-25-22-26-32-39/h21-26,29-32,35-36,40H,4-20,27-28,33-34,37H2,1-3H3.